The maximum absolute atomic E-state index is 11.0. The smallest absolute Gasteiger partial charge is 0.348 e. The summed E-state index contributed by atoms with van der Waals surface area (Å²) in [6, 6.07) is 9.72. The molecule has 1 aromatic heterocycles. The molecule has 0 saturated heterocycles. The molecule has 0 spiro atoms. The summed E-state index contributed by atoms with van der Waals surface area (Å²) in [7, 11) is 0. The summed E-state index contributed by atoms with van der Waals surface area (Å²) in [6.45, 7) is 0.0391. The normalized spacial score (nSPS) is 9.90. The van der Waals surface area contributed by atoms with Crippen molar-refractivity contribution in [2.24, 2.45) is 0 Å². The number of aliphatic hydroxyl groups is 1. The van der Waals surface area contributed by atoms with Gasteiger partial charge in [0.15, 0.2) is 0 Å². The fourth-order valence-electron chi connectivity index (χ4n) is 1.74. The second-order valence-electron chi connectivity index (χ2n) is 4.10. The van der Waals surface area contributed by atoms with Crippen LogP contribution in [0, 0.1) is 21.4 Å². The first-order valence-corrected chi connectivity index (χ1v) is 6.07. The van der Waals surface area contributed by atoms with Gasteiger partial charge < -0.3 is 9.84 Å². The quantitative estimate of drug-likeness (QED) is 0.666. The average molecular weight is 285 g/mol. The molecule has 0 fully saturated rings. The fourth-order valence-corrected chi connectivity index (χ4v) is 1.74. The van der Waals surface area contributed by atoms with Crippen LogP contribution in [0.3, 0.4) is 0 Å². The molecule has 0 aliphatic rings. The second kappa shape index (κ2) is 6.45. The Hall–Kier alpha value is -2.98. The number of nitrogens with zero attached hydrogens (tertiary/aromatic N) is 3. The highest BCUT2D eigenvalue weighted by molar-refractivity contribution is 5.55. The molecule has 1 N–H and O–H groups in total. The van der Waals surface area contributed by atoms with Crippen LogP contribution in [0.1, 0.15) is 11.1 Å². The first-order chi connectivity index (χ1) is 10.2. The van der Waals surface area contributed by atoms with Gasteiger partial charge in [0.2, 0.25) is 0 Å². The van der Waals surface area contributed by atoms with Crippen LogP contribution in [-0.4, -0.2) is 21.6 Å². The molecule has 0 radical (unpaired) electrons. The van der Waals surface area contributed by atoms with Crippen molar-refractivity contribution < 1.29 is 14.8 Å². The maximum atomic E-state index is 11.0. The SMILES string of the molecule is N#Cc1ccnc(Oc2ccc(CCO)cc2)c1[N+](=O)[O-]. The number of aromatic nitrogens is 1. The van der Waals surface area contributed by atoms with Gasteiger partial charge in [0.1, 0.15) is 17.4 Å². The summed E-state index contributed by atoms with van der Waals surface area (Å²) in [5.74, 6) is 0.135. The Labute approximate surface area is 120 Å². The van der Waals surface area contributed by atoms with E-state index >= 15 is 0 Å². The number of pyridine rings is 1. The van der Waals surface area contributed by atoms with Crippen molar-refractivity contribution in [1.29, 1.82) is 5.26 Å². The largest absolute Gasteiger partial charge is 0.434 e. The first-order valence-electron chi connectivity index (χ1n) is 6.07. The van der Waals surface area contributed by atoms with E-state index in [-0.39, 0.29) is 18.1 Å². The van der Waals surface area contributed by atoms with E-state index in [4.69, 9.17) is 15.1 Å². The van der Waals surface area contributed by atoms with Crippen molar-refractivity contribution in [2.45, 2.75) is 6.42 Å². The summed E-state index contributed by atoms with van der Waals surface area (Å²) in [5.41, 5.74) is 0.347. The molecule has 0 aliphatic heterocycles. The topological polar surface area (TPSA) is 109 Å². The number of aliphatic hydroxyl groups excluding tert-OH is 1. The van der Waals surface area contributed by atoms with Crippen LogP contribution in [0.5, 0.6) is 11.6 Å². The molecule has 1 heterocycles. The van der Waals surface area contributed by atoms with Gasteiger partial charge in [-0.25, -0.2) is 4.98 Å². The molecule has 0 aliphatic carbocycles. The summed E-state index contributed by atoms with van der Waals surface area (Å²) < 4.78 is 5.38. The lowest BCUT2D eigenvalue weighted by Gasteiger charge is -2.06. The molecule has 7 nitrogen and oxygen atoms in total. The molecular weight excluding hydrogens is 274 g/mol. The monoisotopic (exact) mass is 285 g/mol. The van der Waals surface area contributed by atoms with Crippen LogP contribution in [0.4, 0.5) is 5.69 Å². The minimum atomic E-state index is -0.693. The molecule has 0 atom stereocenters. The van der Waals surface area contributed by atoms with E-state index in [1.165, 1.54) is 12.3 Å². The van der Waals surface area contributed by atoms with Gasteiger partial charge >= 0.3 is 11.6 Å². The molecule has 21 heavy (non-hydrogen) atoms. The van der Waals surface area contributed by atoms with Gasteiger partial charge in [-0.15, -0.1) is 0 Å². The minimum absolute atomic E-state index is 0.0391. The van der Waals surface area contributed by atoms with E-state index in [1.807, 2.05) is 0 Å². The molecule has 2 rings (SSSR count). The van der Waals surface area contributed by atoms with E-state index in [0.29, 0.717) is 12.2 Å². The van der Waals surface area contributed by atoms with E-state index in [1.54, 1.807) is 30.3 Å². The standard InChI is InChI=1S/C14H11N3O4/c15-9-11-5-7-16-14(13(11)17(19)20)21-12-3-1-10(2-4-12)6-8-18/h1-5,7,18H,6,8H2. The van der Waals surface area contributed by atoms with Crippen molar-refractivity contribution in [3.63, 3.8) is 0 Å². The molecule has 0 bridgehead atoms. The molecule has 1 aromatic carbocycles. The lowest BCUT2D eigenvalue weighted by atomic mass is 10.1. The number of hydrogen-bond donors (Lipinski definition) is 1. The Balaban J connectivity index is 2.31. The lowest BCUT2D eigenvalue weighted by Crippen LogP contribution is -1.99. The summed E-state index contributed by atoms with van der Waals surface area (Å²) in [6.07, 6.45) is 1.80. The van der Waals surface area contributed by atoms with Crippen LogP contribution in [0.25, 0.3) is 0 Å². The van der Waals surface area contributed by atoms with Gasteiger partial charge in [-0.05, 0) is 30.2 Å². The van der Waals surface area contributed by atoms with Crippen molar-refractivity contribution in [2.75, 3.05) is 6.61 Å². The van der Waals surface area contributed by atoms with Gasteiger partial charge in [-0.3, -0.25) is 10.1 Å². The highest BCUT2D eigenvalue weighted by Crippen LogP contribution is 2.31. The molecule has 0 amide bonds. The summed E-state index contributed by atoms with van der Waals surface area (Å²) in [4.78, 5) is 14.2. The first kappa shape index (κ1) is 14.4. The zero-order valence-corrected chi connectivity index (χ0v) is 10.9. The van der Waals surface area contributed by atoms with Crippen LogP contribution in [0.2, 0.25) is 0 Å². The average Bonchev–Trinajstić information content (AvgIpc) is 2.49. The van der Waals surface area contributed by atoms with E-state index < -0.39 is 10.6 Å². The minimum Gasteiger partial charge on any atom is -0.434 e. The lowest BCUT2D eigenvalue weighted by molar-refractivity contribution is -0.386. The molecule has 0 unspecified atom stereocenters. The Morgan fingerprint density at radius 1 is 1.33 bits per heavy atom. The maximum Gasteiger partial charge on any atom is 0.348 e. The van der Waals surface area contributed by atoms with E-state index in [9.17, 15) is 10.1 Å². The van der Waals surface area contributed by atoms with Gasteiger partial charge in [0, 0.05) is 12.8 Å². The Bertz CT molecular complexity index is 692. The third kappa shape index (κ3) is 3.32. The number of hydrogen-bond acceptors (Lipinski definition) is 6. The third-order valence-corrected chi connectivity index (χ3v) is 2.73. The molecular formula is C14H11N3O4. The van der Waals surface area contributed by atoms with Crippen molar-refractivity contribution in [1.82, 2.24) is 4.98 Å². The van der Waals surface area contributed by atoms with Crippen LogP contribution in [0.15, 0.2) is 36.5 Å². The molecule has 7 heteroatoms. The number of nitro groups is 1. The Morgan fingerprint density at radius 3 is 2.62 bits per heavy atom. The summed E-state index contributed by atoms with van der Waals surface area (Å²) >= 11 is 0. The zero-order chi connectivity index (χ0) is 15.2. The van der Waals surface area contributed by atoms with Crippen LogP contribution >= 0.6 is 0 Å². The molecule has 2 aromatic rings. The number of benzene rings is 1. The van der Waals surface area contributed by atoms with Gasteiger partial charge in [-0.2, -0.15) is 5.26 Å². The third-order valence-electron chi connectivity index (χ3n) is 2.73. The number of nitriles is 1. The van der Waals surface area contributed by atoms with Gasteiger partial charge in [-0.1, -0.05) is 12.1 Å². The number of rotatable bonds is 5. The highest BCUT2D eigenvalue weighted by atomic mass is 16.6. The molecule has 106 valence electrons. The van der Waals surface area contributed by atoms with Gasteiger partial charge in [0.05, 0.1) is 4.92 Å². The van der Waals surface area contributed by atoms with Crippen molar-refractivity contribution >= 4 is 5.69 Å². The molecule has 0 saturated carbocycles. The Morgan fingerprint density at radius 2 is 2.05 bits per heavy atom. The second-order valence-corrected chi connectivity index (χ2v) is 4.10. The Kier molecular flexibility index (Phi) is 4.43. The fraction of sp³-hybridized carbons (Fsp3) is 0.143. The van der Waals surface area contributed by atoms with Crippen LogP contribution in [-0.2, 0) is 6.42 Å². The van der Waals surface area contributed by atoms with Crippen molar-refractivity contribution in [3.05, 3.63) is 57.8 Å². The number of ether oxygens (including phenoxy) is 1. The highest BCUT2D eigenvalue weighted by Gasteiger charge is 2.23. The zero-order valence-electron chi connectivity index (χ0n) is 10.9. The van der Waals surface area contributed by atoms with Crippen molar-refractivity contribution in [3.8, 4) is 17.7 Å². The van der Waals surface area contributed by atoms with Gasteiger partial charge in [0.25, 0.3) is 0 Å². The van der Waals surface area contributed by atoms with E-state index in [0.717, 1.165) is 5.56 Å². The van der Waals surface area contributed by atoms with Crippen LogP contribution < -0.4 is 4.74 Å². The predicted molar refractivity (Wildman–Crippen MR) is 72.9 cm³/mol. The summed E-state index contributed by atoms with van der Waals surface area (Å²) in [5, 5.41) is 28.8. The van der Waals surface area contributed by atoms with E-state index in [2.05, 4.69) is 4.98 Å². The predicted octanol–water partition coefficient (Wildman–Crippen LogP) is 2.19.